The van der Waals surface area contributed by atoms with Crippen LogP contribution in [0.1, 0.15) is 50.0 Å². The third-order valence-corrected chi connectivity index (χ3v) is 4.91. The van der Waals surface area contributed by atoms with Gasteiger partial charge in [0, 0.05) is 12.8 Å². The highest BCUT2D eigenvalue weighted by atomic mass is 35.5. The van der Waals surface area contributed by atoms with Gasteiger partial charge in [0.05, 0.1) is 24.3 Å². The fourth-order valence-electron chi connectivity index (χ4n) is 2.83. The molecule has 0 spiro atoms. The van der Waals surface area contributed by atoms with Gasteiger partial charge in [-0.25, -0.2) is 0 Å². The SMILES string of the molecule is COc1ccc([C@H](O)CC(=C=CC[C@@H](O)c2ccc(O)cc2Cl)C(C)C)cc1. The molecule has 2 rings (SSSR count). The maximum absolute atomic E-state index is 10.5. The Hall–Kier alpha value is -2.23. The molecule has 5 heteroatoms. The average Bonchev–Trinajstić information content (AvgIpc) is 2.66. The zero-order valence-corrected chi connectivity index (χ0v) is 17.1. The molecule has 3 N–H and O–H groups in total. The van der Waals surface area contributed by atoms with Gasteiger partial charge < -0.3 is 20.1 Å². The van der Waals surface area contributed by atoms with Gasteiger partial charge in [0.1, 0.15) is 11.5 Å². The molecule has 0 aliphatic heterocycles. The van der Waals surface area contributed by atoms with E-state index in [1.807, 2.05) is 38.1 Å². The fraction of sp³-hybridized carbons (Fsp3) is 0.348. The monoisotopic (exact) mass is 402 g/mol. The number of aliphatic hydroxyl groups is 2. The Bertz CT molecular complexity index is 836. The summed E-state index contributed by atoms with van der Waals surface area (Å²) in [7, 11) is 1.61. The normalized spacial score (nSPS) is 13.0. The zero-order valence-electron chi connectivity index (χ0n) is 16.4. The number of hydrogen-bond acceptors (Lipinski definition) is 4. The Labute approximate surface area is 171 Å². The fourth-order valence-corrected chi connectivity index (χ4v) is 3.13. The van der Waals surface area contributed by atoms with Crippen LogP contribution in [-0.2, 0) is 0 Å². The first-order valence-corrected chi connectivity index (χ1v) is 9.62. The first kappa shape index (κ1) is 22.1. The van der Waals surface area contributed by atoms with Gasteiger partial charge in [0.15, 0.2) is 0 Å². The lowest BCUT2D eigenvalue weighted by molar-refractivity contribution is 0.175. The van der Waals surface area contributed by atoms with Crippen molar-refractivity contribution in [2.75, 3.05) is 7.11 Å². The summed E-state index contributed by atoms with van der Waals surface area (Å²) in [4.78, 5) is 0. The van der Waals surface area contributed by atoms with Crippen LogP contribution < -0.4 is 4.74 Å². The van der Waals surface area contributed by atoms with Crippen LogP contribution in [0.2, 0.25) is 5.02 Å². The molecule has 2 aromatic carbocycles. The molecule has 150 valence electrons. The third-order valence-electron chi connectivity index (χ3n) is 4.58. The van der Waals surface area contributed by atoms with Crippen LogP contribution in [0, 0.1) is 5.92 Å². The summed E-state index contributed by atoms with van der Waals surface area (Å²) in [5.41, 5.74) is 5.57. The first-order valence-electron chi connectivity index (χ1n) is 9.24. The predicted octanol–water partition coefficient (Wildman–Crippen LogP) is 5.34. The number of aliphatic hydroxyl groups excluding tert-OH is 2. The molecule has 0 aromatic heterocycles. The summed E-state index contributed by atoms with van der Waals surface area (Å²) in [5, 5.41) is 30.6. The minimum Gasteiger partial charge on any atom is -0.508 e. The summed E-state index contributed by atoms with van der Waals surface area (Å²) in [5.74, 6) is 1.02. The molecule has 0 saturated heterocycles. The van der Waals surface area contributed by atoms with Crippen LogP contribution in [0.15, 0.2) is 59.8 Å². The molecule has 2 aromatic rings. The van der Waals surface area contributed by atoms with Gasteiger partial charge in [-0.2, -0.15) is 0 Å². The molecule has 28 heavy (non-hydrogen) atoms. The molecule has 0 bridgehead atoms. The van der Waals surface area contributed by atoms with E-state index in [0.717, 1.165) is 16.9 Å². The van der Waals surface area contributed by atoms with Crippen molar-refractivity contribution in [2.45, 2.75) is 38.9 Å². The van der Waals surface area contributed by atoms with E-state index in [1.165, 1.54) is 12.1 Å². The highest BCUT2D eigenvalue weighted by Crippen LogP contribution is 2.29. The lowest BCUT2D eigenvalue weighted by atomic mass is 9.94. The van der Waals surface area contributed by atoms with Gasteiger partial charge in [0.25, 0.3) is 0 Å². The Morgan fingerprint density at radius 2 is 1.79 bits per heavy atom. The second kappa shape index (κ2) is 10.4. The van der Waals surface area contributed by atoms with Gasteiger partial charge in [-0.15, -0.1) is 5.73 Å². The summed E-state index contributed by atoms with van der Waals surface area (Å²) in [6.45, 7) is 4.09. The quantitative estimate of drug-likeness (QED) is 0.521. The average molecular weight is 403 g/mol. The second-order valence-corrected chi connectivity index (χ2v) is 7.39. The Morgan fingerprint density at radius 1 is 1.11 bits per heavy atom. The van der Waals surface area contributed by atoms with E-state index in [4.69, 9.17) is 16.3 Å². The zero-order chi connectivity index (χ0) is 20.7. The molecule has 0 aliphatic rings. The number of rotatable bonds is 8. The summed E-state index contributed by atoms with van der Waals surface area (Å²) in [6, 6.07) is 11.9. The number of ether oxygens (including phenoxy) is 1. The van der Waals surface area contributed by atoms with Gasteiger partial charge in [-0.1, -0.05) is 43.6 Å². The molecular weight excluding hydrogens is 376 g/mol. The molecule has 0 radical (unpaired) electrons. The smallest absolute Gasteiger partial charge is 0.118 e. The number of phenolic OH excluding ortho intramolecular Hbond substituents is 1. The molecule has 0 aliphatic carbocycles. The lowest BCUT2D eigenvalue weighted by Crippen LogP contribution is -2.03. The summed E-state index contributed by atoms with van der Waals surface area (Å²) >= 11 is 6.07. The van der Waals surface area contributed by atoms with Gasteiger partial charge in [-0.05, 0) is 53.0 Å². The summed E-state index contributed by atoms with van der Waals surface area (Å²) in [6.07, 6.45) is 1.13. The van der Waals surface area contributed by atoms with Crippen LogP contribution >= 0.6 is 11.6 Å². The predicted molar refractivity (Wildman–Crippen MR) is 112 cm³/mol. The van der Waals surface area contributed by atoms with Gasteiger partial charge in [0.2, 0.25) is 0 Å². The number of benzene rings is 2. The number of aromatic hydroxyl groups is 1. The maximum atomic E-state index is 10.5. The molecule has 0 unspecified atom stereocenters. The third kappa shape index (κ3) is 6.15. The van der Waals surface area contributed by atoms with Crippen LogP contribution in [0.4, 0.5) is 0 Å². The van der Waals surface area contributed by atoms with Crippen molar-refractivity contribution in [1.29, 1.82) is 0 Å². The Morgan fingerprint density at radius 3 is 2.36 bits per heavy atom. The molecular formula is C23H27ClO4. The second-order valence-electron chi connectivity index (χ2n) is 6.98. The van der Waals surface area contributed by atoms with E-state index in [-0.39, 0.29) is 11.7 Å². The van der Waals surface area contributed by atoms with Crippen molar-refractivity contribution < 1.29 is 20.1 Å². The first-order chi connectivity index (χ1) is 13.3. The highest BCUT2D eigenvalue weighted by molar-refractivity contribution is 6.31. The van der Waals surface area contributed by atoms with E-state index in [1.54, 1.807) is 19.3 Å². The minimum atomic E-state index is -0.791. The van der Waals surface area contributed by atoms with Gasteiger partial charge >= 0.3 is 0 Å². The van der Waals surface area contributed by atoms with Gasteiger partial charge in [-0.3, -0.25) is 0 Å². The number of halogens is 1. The topological polar surface area (TPSA) is 69.9 Å². The van der Waals surface area contributed by atoms with Crippen LogP contribution in [-0.4, -0.2) is 22.4 Å². The maximum Gasteiger partial charge on any atom is 0.118 e. The molecule has 4 nitrogen and oxygen atoms in total. The van der Waals surface area contributed by atoms with Crippen molar-refractivity contribution >= 4 is 11.6 Å². The van der Waals surface area contributed by atoms with E-state index in [9.17, 15) is 15.3 Å². The van der Waals surface area contributed by atoms with E-state index in [0.29, 0.717) is 23.4 Å². The number of hydrogen-bond donors (Lipinski definition) is 3. The molecule has 2 atom stereocenters. The van der Waals surface area contributed by atoms with E-state index in [2.05, 4.69) is 5.73 Å². The standard InChI is InChI=1S/C23H27ClO4/c1-15(2)17(13-23(27)16-7-10-19(28-3)11-8-16)5-4-6-22(26)20-12-9-18(25)14-21(20)24/h4,7-12,14-15,22-23,25-27H,6,13H2,1-3H3/t5?,22-,23-/m1/s1. The van der Waals surface area contributed by atoms with Crippen molar-refractivity contribution in [3.05, 3.63) is 76.0 Å². The van der Waals surface area contributed by atoms with Crippen molar-refractivity contribution in [2.24, 2.45) is 5.92 Å². The van der Waals surface area contributed by atoms with Crippen molar-refractivity contribution in [1.82, 2.24) is 0 Å². The molecule has 0 fully saturated rings. The van der Waals surface area contributed by atoms with Crippen molar-refractivity contribution in [3.8, 4) is 11.5 Å². The largest absolute Gasteiger partial charge is 0.508 e. The lowest BCUT2D eigenvalue weighted by Gasteiger charge is -2.15. The molecule has 0 heterocycles. The van der Waals surface area contributed by atoms with E-state index >= 15 is 0 Å². The Kier molecular flexibility index (Phi) is 8.16. The molecule has 0 amide bonds. The van der Waals surface area contributed by atoms with Crippen LogP contribution in [0.25, 0.3) is 0 Å². The number of phenols is 1. The molecule has 0 saturated carbocycles. The van der Waals surface area contributed by atoms with E-state index < -0.39 is 12.2 Å². The van der Waals surface area contributed by atoms with Crippen LogP contribution in [0.3, 0.4) is 0 Å². The Balaban J connectivity index is 2.09. The highest BCUT2D eigenvalue weighted by Gasteiger charge is 2.14. The van der Waals surface area contributed by atoms with Crippen LogP contribution in [0.5, 0.6) is 11.5 Å². The summed E-state index contributed by atoms with van der Waals surface area (Å²) < 4.78 is 5.14. The van der Waals surface area contributed by atoms with Crippen molar-refractivity contribution in [3.63, 3.8) is 0 Å². The number of methoxy groups -OCH3 is 1. The minimum absolute atomic E-state index is 0.0611.